The summed E-state index contributed by atoms with van der Waals surface area (Å²) < 4.78 is 24.3. The molecule has 1 atom stereocenters. The molecule has 1 aliphatic heterocycles. The van der Waals surface area contributed by atoms with Crippen molar-refractivity contribution in [3.8, 4) is 0 Å². The molecule has 0 aromatic heterocycles. The molecule has 0 spiro atoms. The van der Waals surface area contributed by atoms with E-state index in [0.29, 0.717) is 13.2 Å². The smallest absolute Gasteiger partial charge is 0.126 e. The fourth-order valence-electron chi connectivity index (χ4n) is 2.56. The summed E-state index contributed by atoms with van der Waals surface area (Å²) in [6, 6.07) is 7.01. The lowest BCUT2D eigenvalue weighted by Crippen LogP contribution is -2.38. The van der Waals surface area contributed by atoms with Gasteiger partial charge in [-0.2, -0.15) is 0 Å². The standard InChI is InChI=1S/C15H22FNO2/c1-18-9-7-17-11-15(6-8-19-12-15)10-13-4-2-3-5-14(13)16/h2-5,17H,6-12H2,1H3. The molecule has 1 heterocycles. The van der Waals surface area contributed by atoms with Crippen LogP contribution in [-0.2, 0) is 15.9 Å². The van der Waals surface area contributed by atoms with E-state index < -0.39 is 0 Å². The lowest BCUT2D eigenvalue weighted by molar-refractivity contribution is 0.144. The van der Waals surface area contributed by atoms with Gasteiger partial charge in [0.05, 0.1) is 13.2 Å². The summed E-state index contributed by atoms with van der Waals surface area (Å²) in [5.74, 6) is -0.120. The minimum absolute atomic E-state index is 0.00986. The molecule has 1 saturated heterocycles. The van der Waals surface area contributed by atoms with Gasteiger partial charge >= 0.3 is 0 Å². The summed E-state index contributed by atoms with van der Waals surface area (Å²) in [5, 5.41) is 3.38. The Bertz CT molecular complexity index is 391. The van der Waals surface area contributed by atoms with Gasteiger partial charge in [-0.3, -0.25) is 0 Å². The number of rotatable bonds is 7. The molecule has 4 heteroatoms. The van der Waals surface area contributed by atoms with Crippen LogP contribution in [0.4, 0.5) is 4.39 Å². The SMILES string of the molecule is COCCNCC1(Cc2ccccc2F)CCOC1. The van der Waals surface area contributed by atoms with Crippen LogP contribution >= 0.6 is 0 Å². The molecule has 1 aliphatic rings. The van der Waals surface area contributed by atoms with Gasteiger partial charge in [-0.05, 0) is 24.5 Å². The molecule has 0 aliphatic carbocycles. The number of benzene rings is 1. The van der Waals surface area contributed by atoms with Gasteiger partial charge in [-0.25, -0.2) is 4.39 Å². The zero-order valence-corrected chi connectivity index (χ0v) is 11.5. The second kappa shape index (κ2) is 6.98. The molecule has 106 valence electrons. The second-order valence-electron chi connectivity index (χ2n) is 5.24. The molecule has 0 radical (unpaired) electrons. The summed E-state index contributed by atoms with van der Waals surface area (Å²) in [6.07, 6.45) is 1.70. The molecule has 1 N–H and O–H groups in total. The van der Waals surface area contributed by atoms with Gasteiger partial charge in [0.25, 0.3) is 0 Å². The minimum atomic E-state index is -0.120. The maximum Gasteiger partial charge on any atom is 0.126 e. The Labute approximate surface area is 114 Å². The predicted octanol–water partition coefficient (Wildman–Crippen LogP) is 2.01. The molecule has 1 aromatic rings. The Balaban J connectivity index is 1.97. The minimum Gasteiger partial charge on any atom is -0.383 e. The number of halogens is 1. The summed E-state index contributed by atoms with van der Waals surface area (Å²) in [4.78, 5) is 0. The van der Waals surface area contributed by atoms with Crippen LogP contribution in [0.3, 0.4) is 0 Å². The molecule has 2 rings (SSSR count). The van der Waals surface area contributed by atoms with Gasteiger partial charge in [0.1, 0.15) is 5.82 Å². The molecule has 1 unspecified atom stereocenters. The van der Waals surface area contributed by atoms with Crippen LogP contribution in [0, 0.1) is 11.2 Å². The molecule has 0 bridgehead atoms. The van der Waals surface area contributed by atoms with Gasteiger partial charge < -0.3 is 14.8 Å². The summed E-state index contributed by atoms with van der Waals surface area (Å²) in [6.45, 7) is 3.80. The first-order chi connectivity index (χ1) is 9.26. The highest BCUT2D eigenvalue weighted by Gasteiger charge is 2.35. The van der Waals surface area contributed by atoms with Crippen molar-refractivity contribution in [1.29, 1.82) is 0 Å². The monoisotopic (exact) mass is 267 g/mol. The zero-order valence-electron chi connectivity index (χ0n) is 11.5. The Hall–Kier alpha value is -0.970. The number of ether oxygens (including phenoxy) is 2. The Morgan fingerprint density at radius 1 is 1.42 bits per heavy atom. The maximum atomic E-state index is 13.8. The van der Waals surface area contributed by atoms with Crippen molar-refractivity contribution >= 4 is 0 Å². The normalized spacial score (nSPS) is 22.8. The van der Waals surface area contributed by atoms with Crippen molar-refractivity contribution in [2.75, 3.05) is 40.0 Å². The van der Waals surface area contributed by atoms with Gasteiger partial charge in [-0.1, -0.05) is 18.2 Å². The Morgan fingerprint density at radius 2 is 2.26 bits per heavy atom. The van der Waals surface area contributed by atoms with E-state index in [1.165, 1.54) is 6.07 Å². The highest BCUT2D eigenvalue weighted by Crippen LogP contribution is 2.32. The van der Waals surface area contributed by atoms with E-state index >= 15 is 0 Å². The van der Waals surface area contributed by atoms with E-state index in [1.807, 2.05) is 12.1 Å². The molecule has 3 nitrogen and oxygen atoms in total. The van der Waals surface area contributed by atoms with Crippen molar-refractivity contribution in [2.24, 2.45) is 5.41 Å². The predicted molar refractivity (Wildman–Crippen MR) is 72.7 cm³/mol. The van der Waals surface area contributed by atoms with Crippen molar-refractivity contribution in [3.63, 3.8) is 0 Å². The van der Waals surface area contributed by atoms with Crippen LogP contribution in [0.2, 0.25) is 0 Å². The van der Waals surface area contributed by atoms with Crippen molar-refractivity contribution < 1.29 is 13.9 Å². The van der Waals surface area contributed by atoms with Crippen LogP contribution in [-0.4, -0.2) is 40.0 Å². The quantitative estimate of drug-likeness (QED) is 0.767. The van der Waals surface area contributed by atoms with E-state index in [2.05, 4.69) is 5.32 Å². The third-order valence-electron chi connectivity index (χ3n) is 3.69. The average molecular weight is 267 g/mol. The fourth-order valence-corrected chi connectivity index (χ4v) is 2.56. The van der Waals surface area contributed by atoms with Crippen LogP contribution in [0.5, 0.6) is 0 Å². The first-order valence-corrected chi connectivity index (χ1v) is 6.77. The molecule has 1 fully saturated rings. The summed E-state index contributed by atoms with van der Waals surface area (Å²) in [7, 11) is 1.69. The topological polar surface area (TPSA) is 30.5 Å². The molecule has 0 saturated carbocycles. The van der Waals surface area contributed by atoms with Crippen LogP contribution < -0.4 is 5.32 Å². The highest BCUT2D eigenvalue weighted by atomic mass is 19.1. The highest BCUT2D eigenvalue weighted by molar-refractivity contribution is 5.19. The van der Waals surface area contributed by atoms with E-state index in [4.69, 9.17) is 9.47 Å². The van der Waals surface area contributed by atoms with E-state index in [-0.39, 0.29) is 11.2 Å². The lowest BCUT2D eigenvalue weighted by Gasteiger charge is -2.28. The van der Waals surface area contributed by atoms with E-state index in [1.54, 1.807) is 13.2 Å². The van der Waals surface area contributed by atoms with E-state index in [0.717, 1.165) is 38.1 Å². The van der Waals surface area contributed by atoms with Crippen molar-refractivity contribution in [2.45, 2.75) is 12.8 Å². The average Bonchev–Trinajstić information content (AvgIpc) is 2.87. The molecule has 19 heavy (non-hydrogen) atoms. The van der Waals surface area contributed by atoms with E-state index in [9.17, 15) is 4.39 Å². The fraction of sp³-hybridized carbons (Fsp3) is 0.600. The van der Waals surface area contributed by atoms with Gasteiger partial charge in [-0.15, -0.1) is 0 Å². The Kier molecular flexibility index (Phi) is 5.31. The van der Waals surface area contributed by atoms with Crippen molar-refractivity contribution in [1.82, 2.24) is 5.32 Å². The third-order valence-corrected chi connectivity index (χ3v) is 3.69. The van der Waals surface area contributed by atoms with Gasteiger partial charge in [0, 0.05) is 32.2 Å². The molecular weight excluding hydrogens is 245 g/mol. The molecular formula is C15H22FNO2. The number of hydrogen-bond donors (Lipinski definition) is 1. The van der Waals surface area contributed by atoms with Gasteiger partial charge in [0.15, 0.2) is 0 Å². The molecule has 0 amide bonds. The summed E-state index contributed by atoms with van der Waals surface area (Å²) in [5.41, 5.74) is 0.789. The maximum absolute atomic E-state index is 13.8. The van der Waals surface area contributed by atoms with Crippen molar-refractivity contribution in [3.05, 3.63) is 35.6 Å². The van der Waals surface area contributed by atoms with Crippen LogP contribution in [0.25, 0.3) is 0 Å². The second-order valence-corrected chi connectivity index (χ2v) is 5.24. The first-order valence-electron chi connectivity index (χ1n) is 6.77. The first kappa shape index (κ1) is 14.4. The van der Waals surface area contributed by atoms with Gasteiger partial charge in [0.2, 0.25) is 0 Å². The van der Waals surface area contributed by atoms with Crippen LogP contribution in [0.1, 0.15) is 12.0 Å². The third kappa shape index (κ3) is 4.00. The molecule has 1 aromatic carbocycles. The van der Waals surface area contributed by atoms with Crippen LogP contribution in [0.15, 0.2) is 24.3 Å². The Morgan fingerprint density at radius 3 is 2.95 bits per heavy atom. The number of hydrogen-bond acceptors (Lipinski definition) is 3. The lowest BCUT2D eigenvalue weighted by atomic mass is 9.80. The zero-order chi connectivity index (χ0) is 13.6. The summed E-state index contributed by atoms with van der Waals surface area (Å²) >= 11 is 0. The number of nitrogens with one attached hydrogen (secondary N) is 1. The largest absolute Gasteiger partial charge is 0.383 e. The number of methoxy groups -OCH3 is 1.